The number of carbonyl (C=O) groups is 2. The lowest BCUT2D eigenvalue weighted by molar-refractivity contribution is -0.117. The normalized spacial score (nSPS) is 11.0. The van der Waals surface area contributed by atoms with E-state index in [1.807, 2.05) is 22.2 Å². The van der Waals surface area contributed by atoms with Crippen molar-refractivity contribution in [3.63, 3.8) is 0 Å². The fraction of sp³-hybridized carbons (Fsp3) is 0.167. The Balaban J connectivity index is 1.72. The summed E-state index contributed by atoms with van der Waals surface area (Å²) >= 11 is 1.51. The molecule has 0 unspecified atom stereocenters. The fourth-order valence-electron chi connectivity index (χ4n) is 1.98. The predicted octanol–water partition coefficient (Wildman–Crippen LogP) is 0.572. The maximum absolute atomic E-state index is 12.0. The number of amides is 1. The summed E-state index contributed by atoms with van der Waals surface area (Å²) in [7, 11) is 0. The summed E-state index contributed by atoms with van der Waals surface area (Å²) in [5.41, 5.74) is 6.61. The molecule has 0 fully saturated rings. The molecular formula is C12H11N5O2S. The minimum Gasteiger partial charge on any atom is -0.365 e. The number of primary amides is 1. The molecule has 3 heterocycles. The van der Waals surface area contributed by atoms with Crippen molar-refractivity contribution in [3.05, 3.63) is 40.9 Å². The average Bonchev–Trinajstić information content (AvgIpc) is 3.03. The minimum atomic E-state index is -0.593. The van der Waals surface area contributed by atoms with Gasteiger partial charge in [-0.25, -0.2) is 4.98 Å². The van der Waals surface area contributed by atoms with Crippen molar-refractivity contribution >= 4 is 28.0 Å². The summed E-state index contributed by atoms with van der Waals surface area (Å²) in [4.78, 5) is 28.3. The lowest BCUT2D eigenvalue weighted by Crippen LogP contribution is -2.15. The van der Waals surface area contributed by atoms with Crippen LogP contribution >= 0.6 is 11.3 Å². The van der Waals surface area contributed by atoms with Crippen molar-refractivity contribution in [2.45, 2.75) is 12.8 Å². The van der Waals surface area contributed by atoms with Gasteiger partial charge in [-0.2, -0.15) is 5.10 Å². The molecule has 0 saturated carbocycles. The van der Waals surface area contributed by atoms with E-state index in [4.69, 9.17) is 5.73 Å². The number of thiazole rings is 1. The van der Waals surface area contributed by atoms with Crippen LogP contribution in [-0.2, 0) is 17.6 Å². The monoisotopic (exact) mass is 289 g/mol. The zero-order valence-corrected chi connectivity index (χ0v) is 11.2. The molecule has 3 rings (SSSR count). The van der Waals surface area contributed by atoms with Crippen molar-refractivity contribution < 1.29 is 9.59 Å². The first kappa shape index (κ1) is 12.5. The van der Waals surface area contributed by atoms with E-state index in [1.165, 1.54) is 17.5 Å². The molecule has 0 atom stereocenters. The SMILES string of the molecule is NC(=O)c1cn[nH]c1CC(=O)Cc1cn2ccsc2n1. The van der Waals surface area contributed by atoms with Gasteiger partial charge in [-0.05, 0) is 0 Å². The number of hydrogen-bond acceptors (Lipinski definition) is 5. The van der Waals surface area contributed by atoms with E-state index in [-0.39, 0.29) is 24.2 Å². The molecule has 0 spiro atoms. The number of nitrogens with zero attached hydrogens (tertiary/aromatic N) is 3. The molecule has 0 radical (unpaired) electrons. The van der Waals surface area contributed by atoms with Crippen LogP contribution in [0.15, 0.2) is 24.0 Å². The number of hydrogen-bond donors (Lipinski definition) is 2. The number of rotatable bonds is 5. The van der Waals surface area contributed by atoms with Crippen LogP contribution in [0.2, 0.25) is 0 Å². The van der Waals surface area contributed by atoms with E-state index >= 15 is 0 Å². The number of H-pyrrole nitrogens is 1. The number of ketones is 1. The first-order valence-corrected chi connectivity index (χ1v) is 6.76. The standard InChI is InChI=1S/C12H11N5O2S/c13-11(19)9-5-14-16-10(9)4-8(18)3-7-6-17-1-2-20-12(17)15-7/h1-2,5-6H,3-4H2,(H2,13,19)(H,14,16). The molecule has 0 aliphatic rings. The van der Waals surface area contributed by atoms with Crippen molar-refractivity contribution in [2.24, 2.45) is 5.73 Å². The van der Waals surface area contributed by atoms with E-state index in [0.717, 1.165) is 4.96 Å². The van der Waals surface area contributed by atoms with E-state index in [1.54, 1.807) is 0 Å². The Kier molecular flexibility index (Phi) is 3.07. The second-order valence-corrected chi connectivity index (χ2v) is 5.22. The molecular weight excluding hydrogens is 278 g/mol. The maximum atomic E-state index is 12.0. The largest absolute Gasteiger partial charge is 0.365 e. The molecule has 8 heteroatoms. The maximum Gasteiger partial charge on any atom is 0.252 e. The molecule has 0 aliphatic carbocycles. The predicted molar refractivity (Wildman–Crippen MR) is 72.6 cm³/mol. The van der Waals surface area contributed by atoms with Crippen LogP contribution in [-0.4, -0.2) is 31.3 Å². The van der Waals surface area contributed by atoms with Crippen LogP contribution in [0.4, 0.5) is 0 Å². The molecule has 0 aromatic carbocycles. The number of aromatic amines is 1. The molecule has 3 aromatic rings. The van der Waals surface area contributed by atoms with E-state index in [2.05, 4.69) is 15.2 Å². The molecule has 1 amide bonds. The number of carbonyl (C=O) groups excluding carboxylic acids is 2. The Morgan fingerprint density at radius 3 is 3.00 bits per heavy atom. The summed E-state index contributed by atoms with van der Waals surface area (Å²) in [6.45, 7) is 0. The smallest absolute Gasteiger partial charge is 0.252 e. The van der Waals surface area contributed by atoms with Crippen LogP contribution in [0, 0.1) is 0 Å². The van der Waals surface area contributed by atoms with Gasteiger partial charge in [0.2, 0.25) is 0 Å². The summed E-state index contributed by atoms with van der Waals surface area (Å²) in [5.74, 6) is -0.647. The van der Waals surface area contributed by atoms with Gasteiger partial charge in [0.25, 0.3) is 5.91 Å². The van der Waals surface area contributed by atoms with Gasteiger partial charge in [0.15, 0.2) is 4.96 Å². The van der Waals surface area contributed by atoms with Crippen LogP contribution in [0.25, 0.3) is 4.96 Å². The van der Waals surface area contributed by atoms with Crippen LogP contribution in [0.5, 0.6) is 0 Å². The third kappa shape index (κ3) is 2.32. The van der Waals surface area contributed by atoms with Gasteiger partial charge in [-0.3, -0.25) is 19.1 Å². The van der Waals surface area contributed by atoms with Crippen molar-refractivity contribution in [3.8, 4) is 0 Å². The number of aromatic nitrogens is 4. The summed E-state index contributed by atoms with van der Waals surface area (Å²) < 4.78 is 1.87. The fourth-order valence-corrected chi connectivity index (χ4v) is 2.70. The molecule has 3 N–H and O–H groups in total. The molecule has 20 heavy (non-hydrogen) atoms. The van der Waals surface area contributed by atoms with Gasteiger partial charge in [-0.15, -0.1) is 11.3 Å². The van der Waals surface area contributed by atoms with Crippen molar-refractivity contribution in [1.82, 2.24) is 19.6 Å². The van der Waals surface area contributed by atoms with Gasteiger partial charge in [-0.1, -0.05) is 0 Å². The van der Waals surface area contributed by atoms with Crippen molar-refractivity contribution in [2.75, 3.05) is 0 Å². The number of imidazole rings is 1. The van der Waals surface area contributed by atoms with Crippen molar-refractivity contribution in [1.29, 1.82) is 0 Å². The molecule has 0 saturated heterocycles. The second kappa shape index (κ2) is 4.89. The van der Waals surface area contributed by atoms with E-state index < -0.39 is 5.91 Å². The Hall–Kier alpha value is -2.48. The quantitative estimate of drug-likeness (QED) is 0.716. The van der Waals surface area contributed by atoms with E-state index in [0.29, 0.717) is 11.4 Å². The third-order valence-electron chi connectivity index (χ3n) is 2.88. The first-order chi connectivity index (χ1) is 9.63. The summed E-state index contributed by atoms with van der Waals surface area (Å²) in [6, 6.07) is 0. The summed E-state index contributed by atoms with van der Waals surface area (Å²) in [6.07, 6.45) is 5.35. The number of Topliss-reactive ketones (excluding diaryl/α,β-unsaturated/α-hetero) is 1. The molecule has 7 nitrogen and oxygen atoms in total. The van der Waals surface area contributed by atoms with Gasteiger partial charge in [0, 0.05) is 24.2 Å². The van der Waals surface area contributed by atoms with Gasteiger partial charge >= 0.3 is 0 Å². The Labute approximate surface area is 117 Å². The Morgan fingerprint density at radius 2 is 2.25 bits per heavy atom. The topological polar surface area (TPSA) is 106 Å². The average molecular weight is 289 g/mol. The highest BCUT2D eigenvalue weighted by Gasteiger charge is 2.15. The lowest BCUT2D eigenvalue weighted by Gasteiger charge is -1.98. The highest BCUT2D eigenvalue weighted by atomic mass is 32.1. The third-order valence-corrected chi connectivity index (χ3v) is 3.65. The van der Waals surface area contributed by atoms with E-state index in [9.17, 15) is 9.59 Å². The Bertz CT molecular complexity index is 756. The number of nitrogens with one attached hydrogen (secondary N) is 1. The Morgan fingerprint density at radius 1 is 1.40 bits per heavy atom. The molecule has 102 valence electrons. The zero-order valence-electron chi connectivity index (χ0n) is 10.4. The molecule has 3 aromatic heterocycles. The van der Waals surface area contributed by atoms with Gasteiger partial charge < -0.3 is 5.73 Å². The summed E-state index contributed by atoms with van der Waals surface area (Å²) in [5, 5.41) is 8.29. The first-order valence-electron chi connectivity index (χ1n) is 5.88. The van der Waals surface area contributed by atoms with Gasteiger partial charge in [0.1, 0.15) is 5.78 Å². The minimum absolute atomic E-state index is 0.0532. The molecule has 0 aliphatic heterocycles. The highest BCUT2D eigenvalue weighted by molar-refractivity contribution is 7.15. The molecule has 0 bridgehead atoms. The number of nitrogens with two attached hydrogens (primary N) is 1. The van der Waals surface area contributed by atoms with Crippen LogP contribution in [0.1, 0.15) is 21.7 Å². The zero-order chi connectivity index (χ0) is 14.1. The van der Waals surface area contributed by atoms with Crippen LogP contribution < -0.4 is 5.73 Å². The van der Waals surface area contributed by atoms with Crippen LogP contribution in [0.3, 0.4) is 0 Å². The second-order valence-electron chi connectivity index (χ2n) is 4.34. The lowest BCUT2D eigenvalue weighted by atomic mass is 10.1. The number of fused-ring (bicyclic) bond motifs is 1. The van der Waals surface area contributed by atoms with Gasteiger partial charge in [0.05, 0.1) is 29.6 Å². The highest BCUT2D eigenvalue weighted by Crippen LogP contribution is 2.13.